The van der Waals surface area contributed by atoms with Crippen LogP contribution < -0.4 is 16.0 Å². The normalized spacial score (nSPS) is 23.2. The van der Waals surface area contributed by atoms with E-state index in [-0.39, 0.29) is 24.2 Å². The molecular weight excluding hydrogens is 308 g/mol. The molecule has 0 saturated carbocycles. The average Bonchev–Trinajstić information content (AvgIpc) is 2.91. The van der Waals surface area contributed by atoms with Gasteiger partial charge in [-0.05, 0) is 26.7 Å². The van der Waals surface area contributed by atoms with E-state index < -0.39 is 16.1 Å². The quantitative estimate of drug-likeness (QED) is 0.632. The van der Waals surface area contributed by atoms with Crippen LogP contribution in [0.3, 0.4) is 0 Å². The molecular formula is C13H22N4O4S. The number of urea groups is 1. The third-order valence-electron chi connectivity index (χ3n) is 3.83. The lowest BCUT2D eigenvalue weighted by Crippen LogP contribution is -2.50. The van der Waals surface area contributed by atoms with E-state index in [0.717, 1.165) is 12.8 Å². The Morgan fingerprint density at radius 3 is 2.59 bits per heavy atom. The van der Waals surface area contributed by atoms with Crippen LogP contribution in [0.15, 0.2) is 11.3 Å². The van der Waals surface area contributed by atoms with Gasteiger partial charge in [-0.3, -0.25) is 4.79 Å². The highest BCUT2D eigenvalue weighted by Gasteiger charge is 2.28. The number of carbonyl (C=O) groups is 2. The monoisotopic (exact) mass is 330 g/mol. The van der Waals surface area contributed by atoms with E-state index in [4.69, 9.17) is 0 Å². The Hall–Kier alpha value is -1.61. The van der Waals surface area contributed by atoms with Gasteiger partial charge in [-0.15, -0.1) is 0 Å². The van der Waals surface area contributed by atoms with Crippen molar-refractivity contribution in [2.24, 2.45) is 0 Å². The summed E-state index contributed by atoms with van der Waals surface area (Å²) >= 11 is 0. The SMILES string of the molecule is CC1=C(C(=O)NCCS(=O)(=O)N2CCCC2)C(C)NC(=O)N1. The second-order valence-electron chi connectivity index (χ2n) is 5.54. The smallest absolute Gasteiger partial charge is 0.319 e. The third kappa shape index (κ3) is 3.77. The molecule has 2 rings (SSSR count). The maximum absolute atomic E-state index is 12.2. The number of rotatable bonds is 5. The van der Waals surface area contributed by atoms with Crippen LogP contribution in [0, 0.1) is 0 Å². The molecule has 2 aliphatic heterocycles. The standard InChI is InChI=1S/C13H22N4O4S/c1-9-11(10(2)16-13(19)15-9)12(18)14-5-8-22(20,21)17-6-3-4-7-17/h9H,3-8H2,1-2H3,(H,14,18)(H2,15,16,19). The number of hydrogen-bond acceptors (Lipinski definition) is 4. The molecule has 0 bridgehead atoms. The summed E-state index contributed by atoms with van der Waals surface area (Å²) in [6, 6.07) is -0.762. The highest BCUT2D eigenvalue weighted by atomic mass is 32.2. The number of hydrogen-bond donors (Lipinski definition) is 3. The molecule has 1 saturated heterocycles. The Bertz CT molecular complexity index is 593. The molecule has 2 aliphatic rings. The van der Waals surface area contributed by atoms with Crippen LogP contribution in [-0.2, 0) is 14.8 Å². The first-order valence-corrected chi connectivity index (χ1v) is 8.96. The Kier molecular flexibility index (Phi) is 5.07. The Morgan fingerprint density at radius 2 is 2.00 bits per heavy atom. The molecule has 9 heteroatoms. The molecule has 3 N–H and O–H groups in total. The maximum atomic E-state index is 12.2. The molecule has 0 aromatic heterocycles. The fraction of sp³-hybridized carbons (Fsp3) is 0.692. The molecule has 1 unspecified atom stereocenters. The van der Waals surface area contributed by atoms with Crippen molar-refractivity contribution >= 4 is 22.0 Å². The van der Waals surface area contributed by atoms with Gasteiger partial charge in [-0.25, -0.2) is 17.5 Å². The van der Waals surface area contributed by atoms with Crippen molar-refractivity contribution in [3.05, 3.63) is 11.3 Å². The van der Waals surface area contributed by atoms with Gasteiger partial charge in [0.15, 0.2) is 0 Å². The molecule has 1 fully saturated rings. The van der Waals surface area contributed by atoms with Gasteiger partial charge in [-0.1, -0.05) is 0 Å². The summed E-state index contributed by atoms with van der Waals surface area (Å²) in [5.74, 6) is -0.478. The summed E-state index contributed by atoms with van der Waals surface area (Å²) < 4.78 is 25.6. The molecule has 8 nitrogen and oxygen atoms in total. The summed E-state index contributed by atoms with van der Waals surface area (Å²) in [6.45, 7) is 4.53. The summed E-state index contributed by atoms with van der Waals surface area (Å²) in [6.07, 6.45) is 1.78. The first-order chi connectivity index (χ1) is 10.3. The van der Waals surface area contributed by atoms with Gasteiger partial charge in [0.1, 0.15) is 0 Å². The lowest BCUT2D eigenvalue weighted by atomic mass is 10.0. The predicted octanol–water partition coefficient (Wildman–Crippen LogP) is -0.496. The van der Waals surface area contributed by atoms with E-state index in [1.807, 2.05) is 0 Å². The van der Waals surface area contributed by atoms with E-state index in [1.165, 1.54) is 4.31 Å². The lowest BCUT2D eigenvalue weighted by molar-refractivity contribution is -0.117. The Balaban J connectivity index is 1.90. The molecule has 0 aliphatic carbocycles. The molecule has 0 aromatic rings. The molecule has 3 amide bonds. The number of sulfonamides is 1. The van der Waals surface area contributed by atoms with Crippen LogP contribution in [0.1, 0.15) is 26.7 Å². The maximum Gasteiger partial charge on any atom is 0.319 e. The zero-order valence-corrected chi connectivity index (χ0v) is 13.6. The van der Waals surface area contributed by atoms with Gasteiger partial charge < -0.3 is 16.0 Å². The summed E-state index contributed by atoms with van der Waals surface area (Å²) in [7, 11) is -3.31. The van der Waals surface area contributed by atoms with E-state index in [2.05, 4.69) is 16.0 Å². The van der Waals surface area contributed by atoms with E-state index >= 15 is 0 Å². The van der Waals surface area contributed by atoms with Crippen molar-refractivity contribution < 1.29 is 18.0 Å². The Labute approximate surface area is 130 Å². The zero-order valence-electron chi connectivity index (χ0n) is 12.8. The van der Waals surface area contributed by atoms with Crippen molar-refractivity contribution in [2.45, 2.75) is 32.7 Å². The zero-order chi connectivity index (χ0) is 16.3. The van der Waals surface area contributed by atoms with E-state index in [0.29, 0.717) is 24.4 Å². The second-order valence-corrected chi connectivity index (χ2v) is 7.63. The van der Waals surface area contributed by atoms with E-state index in [1.54, 1.807) is 13.8 Å². The van der Waals surface area contributed by atoms with Gasteiger partial charge in [0, 0.05) is 25.3 Å². The minimum absolute atomic E-state index is 0.0507. The van der Waals surface area contributed by atoms with Gasteiger partial charge in [-0.2, -0.15) is 0 Å². The van der Waals surface area contributed by atoms with Crippen molar-refractivity contribution in [1.29, 1.82) is 0 Å². The van der Waals surface area contributed by atoms with Crippen LogP contribution in [0.25, 0.3) is 0 Å². The highest BCUT2D eigenvalue weighted by Crippen LogP contribution is 2.13. The van der Waals surface area contributed by atoms with Gasteiger partial charge in [0.05, 0.1) is 17.4 Å². The second kappa shape index (κ2) is 6.66. The molecule has 22 heavy (non-hydrogen) atoms. The predicted molar refractivity (Wildman–Crippen MR) is 81.4 cm³/mol. The molecule has 1 atom stereocenters. The van der Waals surface area contributed by atoms with Gasteiger partial charge >= 0.3 is 6.03 Å². The topological polar surface area (TPSA) is 108 Å². The third-order valence-corrected chi connectivity index (χ3v) is 5.71. The van der Waals surface area contributed by atoms with Crippen molar-refractivity contribution in [2.75, 3.05) is 25.4 Å². The van der Waals surface area contributed by atoms with Crippen LogP contribution in [0.2, 0.25) is 0 Å². The van der Waals surface area contributed by atoms with Crippen molar-refractivity contribution in [3.63, 3.8) is 0 Å². The van der Waals surface area contributed by atoms with Crippen LogP contribution in [-0.4, -0.2) is 56.1 Å². The number of carbonyl (C=O) groups excluding carboxylic acids is 2. The van der Waals surface area contributed by atoms with Crippen molar-refractivity contribution in [1.82, 2.24) is 20.3 Å². The van der Waals surface area contributed by atoms with Gasteiger partial charge in [0.25, 0.3) is 5.91 Å². The number of nitrogens with one attached hydrogen (secondary N) is 3. The summed E-state index contributed by atoms with van der Waals surface area (Å²) in [5.41, 5.74) is 0.898. The first kappa shape index (κ1) is 16.8. The number of amides is 3. The van der Waals surface area contributed by atoms with E-state index in [9.17, 15) is 18.0 Å². The first-order valence-electron chi connectivity index (χ1n) is 7.35. The van der Waals surface area contributed by atoms with Gasteiger partial charge in [0.2, 0.25) is 10.0 Å². The molecule has 0 spiro atoms. The lowest BCUT2D eigenvalue weighted by Gasteiger charge is -2.25. The highest BCUT2D eigenvalue weighted by molar-refractivity contribution is 7.89. The number of nitrogens with zero attached hydrogens (tertiary/aromatic N) is 1. The summed E-state index contributed by atoms with van der Waals surface area (Å²) in [4.78, 5) is 23.4. The average molecular weight is 330 g/mol. The largest absolute Gasteiger partial charge is 0.351 e. The molecule has 2 heterocycles. The minimum Gasteiger partial charge on any atom is -0.351 e. The van der Waals surface area contributed by atoms with Crippen LogP contribution in [0.4, 0.5) is 4.79 Å². The van der Waals surface area contributed by atoms with Crippen molar-refractivity contribution in [3.8, 4) is 0 Å². The molecule has 0 aromatic carbocycles. The molecule has 124 valence electrons. The molecule has 0 radical (unpaired) electrons. The van der Waals surface area contributed by atoms with Crippen LogP contribution in [0.5, 0.6) is 0 Å². The minimum atomic E-state index is -3.31. The van der Waals surface area contributed by atoms with Crippen LogP contribution >= 0.6 is 0 Å². The summed E-state index contributed by atoms with van der Waals surface area (Å²) in [5, 5.41) is 7.74. The Morgan fingerprint density at radius 1 is 1.36 bits per heavy atom. The number of allylic oxidation sites excluding steroid dienone is 1. The fourth-order valence-electron chi connectivity index (χ4n) is 2.72. The fourth-order valence-corrected chi connectivity index (χ4v) is 4.15.